The minimum Gasteiger partial charge on any atom is -0.488 e. The zero-order chi connectivity index (χ0) is 26.2. The molecular formula is C30H34BrNO5. The Morgan fingerprint density at radius 2 is 1.97 bits per heavy atom. The summed E-state index contributed by atoms with van der Waals surface area (Å²) in [6, 6.07) is 11.7. The molecule has 5 rings (SSSR count). The molecule has 0 spiro atoms. The van der Waals surface area contributed by atoms with E-state index in [1.807, 2.05) is 55.1 Å². The van der Waals surface area contributed by atoms with E-state index in [1.165, 1.54) is 0 Å². The van der Waals surface area contributed by atoms with Crippen molar-refractivity contribution in [2.24, 2.45) is 5.92 Å². The molecule has 7 heteroatoms. The number of halogens is 1. The molecule has 37 heavy (non-hydrogen) atoms. The average Bonchev–Trinajstić information content (AvgIpc) is 2.88. The summed E-state index contributed by atoms with van der Waals surface area (Å²) < 4.78 is 12.8. The number of aliphatic hydroxyl groups is 1. The molecule has 1 amide bonds. The monoisotopic (exact) mass is 567 g/mol. The molecule has 1 aliphatic carbocycles. The van der Waals surface area contributed by atoms with Gasteiger partial charge in [-0.2, -0.15) is 0 Å². The first-order chi connectivity index (χ1) is 17.8. The van der Waals surface area contributed by atoms with E-state index in [0.717, 1.165) is 52.2 Å². The molecule has 2 heterocycles. The number of likely N-dealkylation sites (tertiary alicyclic amines) is 1. The minimum absolute atomic E-state index is 0.0403. The highest BCUT2D eigenvalue weighted by atomic mass is 79.9. The Bertz CT molecular complexity index is 1380. The van der Waals surface area contributed by atoms with Gasteiger partial charge in [0.1, 0.15) is 17.9 Å². The number of carbonyl (C=O) groups is 1. The predicted molar refractivity (Wildman–Crippen MR) is 147 cm³/mol. The van der Waals surface area contributed by atoms with Gasteiger partial charge in [0.2, 0.25) is 5.91 Å². The number of piperidine rings is 1. The fourth-order valence-corrected chi connectivity index (χ4v) is 6.37. The molecule has 1 N–H and O–H groups in total. The Morgan fingerprint density at radius 1 is 1.16 bits per heavy atom. The molecule has 6 nitrogen and oxygen atoms in total. The van der Waals surface area contributed by atoms with Gasteiger partial charge in [0.15, 0.2) is 0 Å². The Balaban J connectivity index is 1.29. The van der Waals surface area contributed by atoms with Gasteiger partial charge >= 0.3 is 5.63 Å². The summed E-state index contributed by atoms with van der Waals surface area (Å²) in [6.07, 6.45) is 5.24. The standard InChI is InChI=1S/C30H34BrNO5/c1-19-23-10-12-26(36-18-21-7-3-4-9-25(21)31)20(2)28(23)37-29(34)24(19)11-13-27(33)32-16-15-30(35)14-6-5-8-22(30)17-32/h3-4,7,9-10,12,22,35H,5-6,8,11,13-18H2,1-2H3/t22-,30+/m0/s1. The van der Waals surface area contributed by atoms with Crippen molar-refractivity contribution < 1.29 is 19.1 Å². The van der Waals surface area contributed by atoms with Gasteiger partial charge in [-0.15, -0.1) is 0 Å². The van der Waals surface area contributed by atoms with Crippen molar-refractivity contribution in [1.82, 2.24) is 4.90 Å². The van der Waals surface area contributed by atoms with Crippen LogP contribution in [0.4, 0.5) is 0 Å². The lowest BCUT2D eigenvalue weighted by Gasteiger charge is -2.47. The summed E-state index contributed by atoms with van der Waals surface area (Å²) in [5.74, 6) is 0.869. The third-order valence-corrected chi connectivity index (χ3v) is 9.14. The third kappa shape index (κ3) is 5.21. The maximum absolute atomic E-state index is 13.0. The first kappa shape index (κ1) is 26.0. The molecule has 2 fully saturated rings. The average molecular weight is 569 g/mol. The number of aryl methyl sites for hydroxylation is 2. The molecule has 2 atom stereocenters. The lowest BCUT2D eigenvalue weighted by molar-refractivity contribution is -0.143. The highest BCUT2D eigenvalue weighted by Crippen LogP contribution is 2.40. The van der Waals surface area contributed by atoms with Crippen molar-refractivity contribution in [1.29, 1.82) is 0 Å². The smallest absolute Gasteiger partial charge is 0.339 e. The van der Waals surface area contributed by atoms with Gasteiger partial charge in [-0.1, -0.05) is 47.0 Å². The molecule has 2 aliphatic rings. The van der Waals surface area contributed by atoms with Gasteiger partial charge in [0.05, 0.1) is 5.60 Å². The number of rotatable bonds is 6. The molecule has 0 bridgehead atoms. The van der Waals surface area contributed by atoms with Gasteiger partial charge in [-0.3, -0.25) is 4.79 Å². The Labute approximate surface area is 225 Å². The van der Waals surface area contributed by atoms with Crippen molar-refractivity contribution in [3.05, 3.63) is 73.5 Å². The van der Waals surface area contributed by atoms with Crippen LogP contribution in [0.15, 0.2) is 50.1 Å². The molecule has 1 saturated carbocycles. The number of benzene rings is 2. The van der Waals surface area contributed by atoms with Crippen molar-refractivity contribution in [2.45, 2.75) is 71.0 Å². The zero-order valence-electron chi connectivity index (χ0n) is 21.5. The number of hydrogen-bond donors (Lipinski definition) is 1. The van der Waals surface area contributed by atoms with Gasteiger partial charge in [0.25, 0.3) is 0 Å². The van der Waals surface area contributed by atoms with Gasteiger partial charge in [-0.05, 0) is 63.3 Å². The van der Waals surface area contributed by atoms with Crippen LogP contribution >= 0.6 is 15.9 Å². The molecule has 196 valence electrons. The summed E-state index contributed by atoms with van der Waals surface area (Å²) in [4.78, 5) is 27.9. The van der Waals surface area contributed by atoms with Crippen LogP contribution in [0.1, 0.15) is 60.8 Å². The summed E-state index contributed by atoms with van der Waals surface area (Å²) in [6.45, 7) is 5.40. The lowest BCUT2D eigenvalue weighted by atomic mass is 9.71. The molecule has 0 radical (unpaired) electrons. The Kier molecular flexibility index (Phi) is 7.46. The maximum atomic E-state index is 13.0. The SMILES string of the molecule is Cc1c(CCC(=O)N2CC[C@]3(O)CCCC[C@H]3C2)c(=O)oc2c(C)c(OCc3ccccc3Br)ccc12. The van der Waals surface area contributed by atoms with Crippen LogP contribution in [0.25, 0.3) is 11.0 Å². The van der Waals surface area contributed by atoms with Crippen molar-refractivity contribution >= 4 is 32.8 Å². The first-order valence-corrected chi connectivity index (χ1v) is 14.0. The highest BCUT2D eigenvalue weighted by molar-refractivity contribution is 9.10. The second-order valence-electron chi connectivity index (χ2n) is 10.6. The third-order valence-electron chi connectivity index (χ3n) is 8.36. The normalized spacial score (nSPS) is 21.6. The summed E-state index contributed by atoms with van der Waals surface area (Å²) >= 11 is 3.54. The Morgan fingerprint density at radius 3 is 2.78 bits per heavy atom. The van der Waals surface area contributed by atoms with Crippen molar-refractivity contribution in [3.8, 4) is 5.75 Å². The van der Waals surface area contributed by atoms with Gasteiger partial charge < -0.3 is 19.2 Å². The maximum Gasteiger partial charge on any atom is 0.339 e. The Hall–Kier alpha value is -2.64. The summed E-state index contributed by atoms with van der Waals surface area (Å²) in [5.41, 5.74) is 2.72. The van der Waals surface area contributed by atoms with E-state index in [0.29, 0.717) is 49.4 Å². The number of fused-ring (bicyclic) bond motifs is 2. The van der Waals surface area contributed by atoms with E-state index in [9.17, 15) is 14.7 Å². The second kappa shape index (κ2) is 10.6. The summed E-state index contributed by atoms with van der Waals surface area (Å²) in [5, 5.41) is 11.8. The van der Waals surface area contributed by atoms with Crippen LogP contribution in [0.5, 0.6) is 5.75 Å². The van der Waals surface area contributed by atoms with Gasteiger partial charge in [0, 0.05) is 52.0 Å². The molecular weight excluding hydrogens is 534 g/mol. The number of amides is 1. The fraction of sp³-hybridized carbons (Fsp3) is 0.467. The molecule has 0 unspecified atom stereocenters. The van der Waals surface area contributed by atoms with Crippen LogP contribution in [-0.4, -0.2) is 34.6 Å². The van der Waals surface area contributed by atoms with Crippen LogP contribution in [-0.2, 0) is 17.8 Å². The number of hydrogen-bond acceptors (Lipinski definition) is 5. The topological polar surface area (TPSA) is 80.0 Å². The molecule has 1 saturated heterocycles. The van der Waals surface area contributed by atoms with Gasteiger partial charge in [-0.25, -0.2) is 4.79 Å². The van der Waals surface area contributed by atoms with Crippen LogP contribution in [0, 0.1) is 19.8 Å². The number of nitrogens with zero attached hydrogens (tertiary/aromatic N) is 1. The van der Waals surface area contributed by atoms with E-state index >= 15 is 0 Å². The fourth-order valence-electron chi connectivity index (χ4n) is 5.97. The predicted octanol–water partition coefficient (Wildman–Crippen LogP) is 5.84. The van der Waals surface area contributed by atoms with Crippen LogP contribution in [0.3, 0.4) is 0 Å². The molecule has 2 aromatic carbocycles. The largest absolute Gasteiger partial charge is 0.488 e. The molecule has 3 aromatic rings. The van der Waals surface area contributed by atoms with Crippen molar-refractivity contribution in [2.75, 3.05) is 13.1 Å². The highest BCUT2D eigenvalue weighted by Gasteiger charge is 2.43. The molecule has 1 aromatic heterocycles. The van der Waals surface area contributed by atoms with E-state index in [2.05, 4.69) is 15.9 Å². The first-order valence-electron chi connectivity index (χ1n) is 13.2. The van der Waals surface area contributed by atoms with Crippen molar-refractivity contribution in [3.63, 3.8) is 0 Å². The van der Waals surface area contributed by atoms with Crippen LogP contribution in [0.2, 0.25) is 0 Å². The zero-order valence-corrected chi connectivity index (χ0v) is 23.1. The van der Waals surface area contributed by atoms with E-state index in [1.54, 1.807) is 0 Å². The van der Waals surface area contributed by atoms with E-state index in [4.69, 9.17) is 9.15 Å². The second-order valence-corrected chi connectivity index (χ2v) is 11.4. The lowest BCUT2D eigenvalue weighted by Crippen LogP contribution is -2.54. The quantitative estimate of drug-likeness (QED) is 0.378. The number of carbonyl (C=O) groups excluding carboxylic acids is 1. The van der Waals surface area contributed by atoms with E-state index < -0.39 is 11.2 Å². The molecule has 1 aliphatic heterocycles. The summed E-state index contributed by atoms with van der Waals surface area (Å²) in [7, 11) is 0. The van der Waals surface area contributed by atoms with E-state index in [-0.39, 0.29) is 18.2 Å². The number of ether oxygens (including phenoxy) is 1. The van der Waals surface area contributed by atoms with Crippen LogP contribution < -0.4 is 10.4 Å². The minimum atomic E-state index is -0.608.